The van der Waals surface area contributed by atoms with Gasteiger partial charge in [0, 0.05) is 26.2 Å². The first-order valence-corrected chi connectivity index (χ1v) is 12.8. The maximum Gasteiger partial charge on any atom is 0.226 e. The number of ether oxygens (including phenoxy) is 4. The summed E-state index contributed by atoms with van der Waals surface area (Å²) in [4.78, 5) is 29.7. The molecule has 0 atom stereocenters. The summed E-state index contributed by atoms with van der Waals surface area (Å²) in [6, 6.07) is 7.57. The maximum absolute atomic E-state index is 13.0. The number of hydrogen-bond donors (Lipinski definition) is 0. The number of methoxy groups -OCH3 is 4. The molecular formula is C29H42N2O6. The SMILES string of the molecule is CCN(CC)C(=O)Cc1cc(OC)c(OC)cc1Cc1cc(OC)c(OC)cc1CC(=O)N(CC)CC. The van der Waals surface area contributed by atoms with E-state index in [4.69, 9.17) is 18.9 Å². The second-order valence-electron chi connectivity index (χ2n) is 8.61. The van der Waals surface area contributed by atoms with Crippen LogP contribution in [0.1, 0.15) is 49.9 Å². The highest BCUT2D eigenvalue weighted by atomic mass is 16.5. The smallest absolute Gasteiger partial charge is 0.226 e. The first kappa shape index (κ1) is 29.8. The van der Waals surface area contributed by atoms with Crippen molar-refractivity contribution in [2.45, 2.75) is 47.0 Å². The van der Waals surface area contributed by atoms with Crippen LogP contribution in [0.2, 0.25) is 0 Å². The van der Waals surface area contributed by atoms with Gasteiger partial charge in [-0.3, -0.25) is 9.59 Å². The molecule has 0 fully saturated rings. The molecule has 0 bridgehead atoms. The van der Waals surface area contributed by atoms with E-state index in [0.717, 1.165) is 22.3 Å². The highest BCUT2D eigenvalue weighted by molar-refractivity contribution is 5.80. The molecule has 0 spiro atoms. The number of likely N-dealkylation sites (N-methyl/N-ethyl adjacent to an activating group) is 2. The van der Waals surface area contributed by atoms with E-state index < -0.39 is 0 Å². The third-order valence-electron chi connectivity index (χ3n) is 6.71. The van der Waals surface area contributed by atoms with Crippen molar-refractivity contribution in [1.82, 2.24) is 9.80 Å². The third kappa shape index (κ3) is 7.31. The molecular weight excluding hydrogens is 472 g/mol. The Morgan fingerprint density at radius 3 is 1.05 bits per heavy atom. The number of carbonyl (C=O) groups is 2. The normalized spacial score (nSPS) is 10.6. The summed E-state index contributed by atoms with van der Waals surface area (Å²) in [7, 11) is 6.34. The van der Waals surface area contributed by atoms with Crippen LogP contribution in [-0.2, 0) is 28.9 Å². The van der Waals surface area contributed by atoms with E-state index >= 15 is 0 Å². The zero-order valence-corrected chi connectivity index (χ0v) is 23.6. The Balaban J connectivity index is 2.62. The standard InChI is InChI=1S/C29H42N2O6/c1-9-30(10-2)28(32)18-22-16-26(36-7)24(34-5)14-20(22)13-21-15-25(35-6)27(37-8)17-23(21)19-29(33)31(11-3)12-4/h14-17H,9-13,18-19H2,1-8H3. The minimum absolute atomic E-state index is 0.0442. The van der Waals surface area contributed by atoms with E-state index in [9.17, 15) is 9.59 Å². The largest absolute Gasteiger partial charge is 0.493 e. The first-order chi connectivity index (χ1) is 17.8. The summed E-state index contributed by atoms with van der Waals surface area (Å²) in [5, 5.41) is 0. The van der Waals surface area contributed by atoms with Crippen molar-refractivity contribution >= 4 is 11.8 Å². The quantitative estimate of drug-likeness (QED) is 0.377. The summed E-state index contributed by atoms with van der Waals surface area (Å²) in [5.41, 5.74) is 3.54. The molecule has 204 valence electrons. The van der Waals surface area contributed by atoms with Gasteiger partial charge in [0.05, 0.1) is 41.3 Å². The van der Waals surface area contributed by atoms with Crippen LogP contribution in [0.25, 0.3) is 0 Å². The lowest BCUT2D eigenvalue weighted by Gasteiger charge is -2.22. The maximum atomic E-state index is 13.0. The first-order valence-electron chi connectivity index (χ1n) is 12.8. The Hall–Kier alpha value is -3.42. The van der Waals surface area contributed by atoms with Crippen molar-refractivity contribution in [2.24, 2.45) is 0 Å². The molecule has 0 aliphatic rings. The monoisotopic (exact) mass is 514 g/mol. The van der Waals surface area contributed by atoms with E-state index in [1.165, 1.54) is 0 Å². The molecule has 8 nitrogen and oxygen atoms in total. The minimum atomic E-state index is 0.0442. The summed E-state index contributed by atoms with van der Waals surface area (Å²) in [6.45, 7) is 10.5. The number of carbonyl (C=O) groups excluding carboxylic acids is 2. The van der Waals surface area contributed by atoms with E-state index in [1.807, 2.05) is 61.8 Å². The van der Waals surface area contributed by atoms with Gasteiger partial charge < -0.3 is 28.7 Å². The second kappa shape index (κ2) is 14.4. The lowest BCUT2D eigenvalue weighted by Crippen LogP contribution is -2.32. The number of nitrogens with zero attached hydrogens (tertiary/aromatic N) is 2. The lowest BCUT2D eigenvalue weighted by molar-refractivity contribution is -0.130. The van der Waals surface area contributed by atoms with Gasteiger partial charge in [-0.15, -0.1) is 0 Å². The van der Waals surface area contributed by atoms with Crippen LogP contribution < -0.4 is 18.9 Å². The van der Waals surface area contributed by atoms with Crippen molar-refractivity contribution in [2.75, 3.05) is 54.6 Å². The van der Waals surface area contributed by atoms with E-state index in [-0.39, 0.29) is 24.7 Å². The van der Waals surface area contributed by atoms with Crippen LogP contribution in [0.5, 0.6) is 23.0 Å². The molecule has 37 heavy (non-hydrogen) atoms. The summed E-state index contributed by atoms with van der Waals surface area (Å²) < 4.78 is 22.2. The van der Waals surface area contributed by atoms with Crippen molar-refractivity contribution < 1.29 is 28.5 Å². The molecule has 0 radical (unpaired) electrons. The van der Waals surface area contributed by atoms with Crippen LogP contribution in [0.3, 0.4) is 0 Å². The minimum Gasteiger partial charge on any atom is -0.493 e. The summed E-state index contributed by atoms with van der Waals surface area (Å²) in [5.74, 6) is 2.39. The molecule has 0 aromatic heterocycles. The van der Waals surface area contributed by atoms with Gasteiger partial charge in [-0.2, -0.15) is 0 Å². The molecule has 0 unspecified atom stereocenters. The van der Waals surface area contributed by atoms with Gasteiger partial charge in [-0.1, -0.05) is 0 Å². The molecule has 0 saturated heterocycles. The molecule has 0 aliphatic heterocycles. The van der Waals surface area contributed by atoms with Crippen LogP contribution in [0, 0.1) is 0 Å². The number of rotatable bonds is 14. The molecule has 2 rings (SSSR count). The van der Waals surface area contributed by atoms with Gasteiger partial charge in [0.25, 0.3) is 0 Å². The Morgan fingerprint density at radius 2 is 0.811 bits per heavy atom. The zero-order chi connectivity index (χ0) is 27.5. The molecule has 8 heteroatoms. The van der Waals surface area contributed by atoms with Crippen LogP contribution in [0.4, 0.5) is 0 Å². The Morgan fingerprint density at radius 1 is 0.541 bits per heavy atom. The molecule has 2 aromatic rings. The van der Waals surface area contributed by atoms with Crippen molar-refractivity contribution in [3.05, 3.63) is 46.5 Å². The number of benzene rings is 2. The molecule has 2 amide bonds. The summed E-state index contributed by atoms with van der Waals surface area (Å²) in [6.07, 6.45) is 0.944. The highest BCUT2D eigenvalue weighted by Gasteiger charge is 2.21. The van der Waals surface area contributed by atoms with Gasteiger partial charge in [-0.05, 0) is 80.6 Å². The molecule has 0 aliphatic carbocycles. The predicted molar refractivity (Wildman–Crippen MR) is 145 cm³/mol. The van der Waals surface area contributed by atoms with Gasteiger partial charge >= 0.3 is 0 Å². The van der Waals surface area contributed by atoms with Crippen LogP contribution in [0.15, 0.2) is 24.3 Å². The van der Waals surface area contributed by atoms with Crippen molar-refractivity contribution in [1.29, 1.82) is 0 Å². The molecule has 0 N–H and O–H groups in total. The molecule has 2 aromatic carbocycles. The van der Waals surface area contributed by atoms with Crippen molar-refractivity contribution in [3.63, 3.8) is 0 Å². The Kier molecular flexibility index (Phi) is 11.6. The third-order valence-corrected chi connectivity index (χ3v) is 6.71. The van der Waals surface area contributed by atoms with Crippen LogP contribution in [-0.4, -0.2) is 76.2 Å². The Labute approximate surface area is 221 Å². The van der Waals surface area contributed by atoms with Gasteiger partial charge in [-0.25, -0.2) is 0 Å². The number of amides is 2. The zero-order valence-electron chi connectivity index (χ0n) is 23.6. The predicted octanol–water partition coefficient (Wildman–Crippen LogP) is 4.13. The fourth-order valence-electron chi connectivity index (χ4n) is 4.49. The summed E-state index contributed by atoms with van der Waals surface area (Å²) >= 11 is 0. The number of hydrogen-bond acceptors (Lipinski definition) is 6. The fraction of sp³-hybridized carbons (Fsp3) is 0.517. The average Bonchev–Trinajstić information content (AvgIpc) is 2.91. The van der Waals surface area contributed by atoms with Gasteiger partial charge in [0.1, 0.15) is 0 Å². The van der Waals surface area contributed by atoms with E-state index in [1.54, 1.807) is 28.4 Å². The Bertz CT molecular complexity index is 977. The van der Waals surface area contributed by atoms with Gasteiger partial charge in [0.15, 0.2) is 23.0 Å². The van der Waals surface area contributed by atoms with Gasteiger partial charge in [0.2, 0.25) is 11.8 Å². The molecule has 0 saturated carbocycles. The van der Waals surface area contributed by atoms with Crippen LogP contribution >= 0.6 is 0 Å². The molecule has 0 heterocycles. The van der Waals surface area contributed by atoms with E-state index in [0.29, 0.717) is 55.6 Å². The topological polar surface area (TPSA) is 77.5 Å². The lowest BCUT2D eigenvalue weighted by atomic mass is 9.92. The second-order valence-corrected chi connectivity index (χ2v) is 8.61. The van der Waals surface area contributed by atoms with Crippen molar-refractivity contribution in [3.8, 4) is 23.0 Å². The van der Waals surface area contributed by atoms with E-state index in [2.05, 4.69) is 0 Å². The average molecular weight is 515 g/mol. The highest BCUT2D eigenvalue weighted by Crippen LogP contribution is 2.36. The fourth-order valence-corrected chi connectivity index (χ4v) is 4.49.